The molecule has 1 heterocycles. The summed E-state index contributed by atoms with van der Waals surface area (Å²) in [5, 5.41) is 4.73. The average Bonchev–Trinajstić information content (AvgIpc) is 2.83. The van der Waals surface area contributed by atoms with E-state index in [2.05, 4.69) is 47.3 Å². The summed E-state index contributed by atoms with van der Waals surface area (Å²) in [5.41, 5.74) is 2.51. The molecule has 114 valence electrons. The van der Waals surface area contributed by atoms with Gasteiger partial charge in [0.15, 0.2) is 0 Å². The van der Waals surface area contributed by atoms with Crippen LogP contribution in [0, 0.1) is 0 Å². The molecule has 0 aliphatic rings. The van der Waals surface area contributed by atoms with Crippen molar-refractivity contribution in [2.45, 2.75) is 32.9 Å². The Hall–Kier alpha value is -1.81. The van der Waals surface area contributed by atoms with Crippen LogP contribution in [-0.2, 0) is 17.9 Å². The fourth-order valence-electron chi connectivity index (χ4n) is 2.49. The smallest absolute Gasteiger partial charge is 0.223 e. The molecule has 4 heteroatoms. The Morgan fingerprint density at radius 3 is 2.76 bits per heavy atom. The second kappa shape index (κ2) is 7.27. The van der Waals surface area contributed by atoms with Gasteiger partial charge in [-0.25, -0.2) is 0 Å². The lowest BCUT2D eigenvalue weighted by molar-refractivity contribution is -0.128. The van der Waals surface area contributed by atoms with Crippen LogP contribution in [0.2, 0.25) is 0 Å². The summed E-state index contributed by atoms with van der Waals surface area (Å²) in [6.45, 7) is 4.80. The van der Waals surface area contributed by atoms with Crippen LogP contribution in [0.3, 0.4) is 0 Å². The van der Waals surface area contributed by atoms with Crippen LogP contribution in [0.4, 0.5) is 0 Å². The first-order valence-electron chi connectivity index (χ1n) is 7.61. The van der Waals surface area contributed by atoms with E-state index in [0.717, 1.165) is 26.1 Å². The lowest BCUT2D eigenvalue weighted by Gasteiger charge is -2.11. The molecule has 4 nitrogen and oxygen atoms in total. The molecule has 0 saturated heterocycles. The van der Waals surface area contributed by atoms with Crippen molar-refractivity contribution in [3.05, 3.63) is 36.0 Å². The van der Waals surface area contributed by atoms with Gasteiger partial charge in [0.25, 0.3) is 0 Å². The number of benzene rings is 1. The molecular weight excluding hydrogens is 262 g/mol. The summed E-state index contributed by atoms with van der Waals surface area (Å²) >= 11 is 0. The molecule has 1 aromatic heterocycles. The van der Waals surface area contributed by atoms with Gasteiger partial charge in [-0.1, -0.05) is 25.1 Å². The first-order chi connectivity index (χ1) is 10.1. The zero-order valence-electron chi connectivity index (χ0n) is 13.2. The summed E-state index contributed by atoms with van der Waals surface area (Å²) in [6, 6.07) is 8.40. The van der Waals surface area contributed by atoms with E-state index in [1.54, 1.807) is 19.0 Å². The number of carbonyl (C=O) groups is 1. The van der Waals surface area contributed by atoms with Crippen molar-refractivity contribution in [3.8, 4) is 0 Å². The van der Waals surface area contributed by atoms with Crippen LogP contribution < -0.4 is 5.32 Å². The molecule has 2 rings (SSSR count). The molecule has 1 aromatic carbocycles. The summed E-state index contributed by atoms with van der Waals surface area (Å²) in [5.74, 6) is 0.165. The largest absolute Gasteiger partial charge is 0.349 e. The second-order valence-corrected chi connectivity index (χ2v) is 5.58. The fraction of sp³-hybridized carbons (Fsp3) is 0.471. The van der Waals surface area contributed by atoms with E-state index < -0.39 is 0 Å². The van der Waals surface area contributed by atoms with Crippen molar-refractivity contribution in [1.82, 2.24) is 14.8 Å². The van der Waals surface area contributed by atoms with Crippen LogP contribution in [0.1, 0.15) is 25.3 Å². The first-order valence-corrected chi connectivity index (χ1v) is 7.61. The number of hydrogen-bond acceptors (Lipinski definition) is 2. The molecule has 2 aromatic rings. The molecule has 0 bridgehead atoms. The Labute approximate surface area is 126 Å². The third kappa shape index (κ3) is 3.85. The third-order valence-corrected chi connectivity index (χ3v) is 3.68. The van der Waals surface area contributed by atoms with E-state index in [9.17, 15) is 4.79 Å². The van der Waals surface area contributed by atoms with Gasteiger partial charge in [-0.2, -0.15) is 0 Å². The van der Waals surface area contributed by atoms with E-state index in [-0.39, 0.29) is 5.91 Å². The molecule has 0 aliphatic heterocycles. The normalized spacial score (nSPS) is 11.0. The molecule has 0 aliphatic carbocycles. The highest BCUT2D eigenvalue weighted by Gasteiger charge is 2.10. The van der Waals surface area contributed by atoms with E-state index in [4.69, 9.17) is 0 Å². The minimum atomic E-state index is 0.165. The molecule has 0 radical (unpaired) electrons. The highest BCUT2D eigenvalue weighted by atomic mass is 16.2. The molecule has 0 unspecified atom stereocenters. The number of amides is 1. The summed E-state index contributed by atoms with van der Waals surface area (Å²) in [7, 11) is 3.60. The number of fused-ring (bicyclic) bond motifs is 1. The van der Waals surface area contributed by atoms with Gasteiger partial charge in [0.2, 0.25) is 5.91 Å². The van der Waals surface area contributed by atoms with Crippen LogP contribution in [0.5, 0.6) is 0 Å². The van der Waals surface area contributed by atoms with E-state index in [1.807, 2.05) is 0 Å². The molecule has 21 heavy (non-hydrogen) atoms. The van der Waals surface area contributed by atoms with Crippen molar-refractivity contribution in [2.75, 3.05) is 20.6 Å². The standard InChI is InChI=1S/C17H25N3O/c1-4-10-18-12-14-13-20(11-9-17(21)19(2)3)16-8-6-5-7-15(14)16/h5-8,13,18H,4,9-12H2,1-3H3. The summed E-state index contributed by atoms with van der Waals surface area (Å²) in [4.78, 5) is 13.4. The lowest BCUT2D eigenvalue weighted by Crippen LogP contribution is -2.22. The molecule has 0 saturated carbocycles. The minimum absolute atomic E-state index is 0.165. The number of rotatable bonds is 7. The van der Waals surface area contributed by atoms with Crippen LogP contribution >= 0.6 is 0 Å². The first kappa shape index (κ1) is 15.6. The molecule has 0 fully saturated rings. The Morgan fingerprint density at radius 2 is 2.05 bits per heavy atom. The Bertz CT molecular complexity index is 601. The molecule has 1 amide bonds. The maximum absolute atomic E-state index is 11.8. The number of hydrogen-bond donors (Lipinski definition) is 1. The highest BCUT2D eigenvalue weighted by molar-refractivity contribution is 5.84. The molecule has 0 atom stereocenters. The Balaban J connectivity index is 2.17. The third-order valence-electron chi connectivity index (χ3n) is 3.68. The van der Waals surface area contributed by atoms with E-state index in [0.29, 0.717) is 6.42 Å². The van der Waals surface area contributed by atoms with Crippen molar-refractivity contribution >= 4 is 16.8 Å². The van der Waals surface area contributed by atoms with Gasteiger partial charge in [0, 0.05) is 50.7 Å². The Kier molecular flexibility index (Phi) is 5.39. The minimum Gasteiger partial charge on any atom is -0.349 e. The van der Waals surface area contributed by atoms with Crippen molar-refractivity contribution in [1.29, 1.82) is 0 Å². The molecule has 1 N–H and O–H groups in total. The maximum Gasteiger partial charge on any atom is 0.223 e. The van der Waals surface area contributed by atoms with E-state index in [1.165, 1.54) is 16.5 Å². The number of nitrogens with zero attached hydrogens (tertiary/aromatic N) is 2. The van der Waals surface area contributed by atoms with Gasteiger partial charge in [-0.15, -0.1) is 0 Å². The van der Waals surface area contributed by atoms with Crippen molar-refractivity contribution in [3.63, 3.8) is 0 Å². The highest BCUT2D eigenvalue weighted by Crippen LogP contribution is 2.21. The van der Waals surface area contributed by atoms with Crippen molar-refractivity contribution in [2.24, 2.45) is 0 Å². The number of aromatic nitrogens is 1. The van der Waals surface area contributed by atoms with Gasteiger partial charge in [0.05, 0.1) is 0 Å². The van der Waals surface area contributed by atoms with Crippen LogP contribution in [0.25, 0.3) is 10.9 Å². The monoisotopic (exact) mass is 287 g/mol. The summed E-state index contributed by atoms with van der Waals surface area (Å²) < 4.78 is 2.19. The van der Waals surface area contributed by atoms with Crippen LogP contribution in [-0.4, -0.2) is 36.0 Å². The van der Waals surface area contributed by atoms with Crippen LogP contribution in [0.15, 0.2) is 30.5 Å². The lowest BCUT2D eigenvalue weighted by atomic mass is 10.2. The SMILES string of the molecule is CCCNCc1cn(CCC(=O)N(C)C)c2ccccc12. The average molecular weight is 287 g/mol. The second-order valence-electron chi connectivity index (χ2n) is 5.58. The molecule has 0 spiro atoms. The number of carbonyl (C=O) groups excluding carboxylic acids is 1. The maximum atomic E-state index is 11.8. The fourth-order valence-corrected chi connectivity index (χ4v) is 2.49. The zero-order chi connectivity index (χ0) is 15.2. The van der Waals surface area contributed by atoms with Gasteiger partial charge < -0.3 is 14.8 Å². The predicted molar refractivity (Wildman–Crippen MR) is 87.2 cm³/mol. The topological polar surface area (TPSA) is 37.3 Å². The van der Waals surface area contributed by atoms with Crippen molar-refractivity contribution < 1.29 is 4.79 Å². The van der Waals surface area contributed by atoms with Gasteiger partial charge in [0.1, 0.15) is 0 Å². The number of aryl methyl sites for hydroxylation is 1. The summed E-state index contributed by atoms with van der Waals surface area (Å²) in [6.07, 6.45) is 3.85. The van der Waals surface area contributed by atoms with Gasteiger partial charge >= 0.3 is 0 Å². The number of nitrogens with one attached hydrogen (secondary N) is 1. The van der Waals surface area contributed by atoms with Gasteiger partial charge in [-0.05, 0) is 24.6 Å². The Morgan fingerprint density at radius 1 is 1.29 bits per heavy atom. The molecular formula is C17H25N3O. The predicted octanol–water partition coefficient (Wildman–Crippen LogP) is 2.62. The number of para-hydroxylation sites is 1. The van der Waals surface area contributed by atoms with Gasteiger partial charge in [-0.3, -0.25) is 4.79 Å². The zero-order valence-corrected chi connectivity index (χ0v) is 13.2. The quantitative estimate of drug-likeness (QED) is 0.795. The van der Waals surface area contributed by atoms with E-state index >= 15 is 0 Å².